The summed E-state index contributed by atoms with van der Waals surface area (Å²) in [7, 11) is 0. The van der Waals surface area contributed by atoms with Gasteiger partial charge in [0, 0.05) is 31.1 Å². The van der Waals surface area contributed by atoms with E-state index in [2.05, 4.69) is 15.6 Å². The smallest absolute Gasteiger partial charge is 0.293 e. The number of aromatic nitrogens is 1. The zero-order chi connectivity index (χ0) is 16.2. The van der Waals surface area contributed by atoms with Crippen LogP contribution >= 0.6 is 11.3 Å². The fourth-order valence-electron chi connectivity index (χ4n) is 2.48. The molecule has 2 amide bonds. The van der Waals surface area contributed by atoms with Crippen LogP contribution in [0.25, 0.3) is 0 Å². The third-order valence-corrected chi connectivity index (χ3v) is 4.48. The molecule has 2 aromatic heterocycles. The van der Waals surface area contributed by atoms with Crippen molar-refractivity contribution in [3.8, 4) is 0 Å². The van der Waals surface area contributed by atoms with Crippen molar-refractivity contribution >= 4 is 28.3 Å². The van der Waals surface area contributed by atoms with Gasteiger partial charge in [0.1, 0.15) is 0 Å². The Labute approximate surface area is 137 Å². The van der Waals surface area contributed by atoms with E-state index in [0.29, 0.717) is 17.4 Å². The Morgan fingerprint density at radius 2 is 2.43 bits per heavy atom. The van der Waals surface area contributed by atoms with Gasteiger partial charge in [-0.1, -0.05) is 0 Å². The minimum absolute atomic E-state index is 0.0632. The second-order valence-electron chi connectivity index (χ2n) is 5.39. The van der Waals surface area contributed by atoms with Gasteiger partial charge in [-0.15, -0.1) is 11.3 Å². The fourth-order valence-corrected chi connectivity index (χ4v) is 3.19. The summed E-state index contributed by atoms with van der Waals surface area (Å²) in [6, 6.07) is 3.42. The van der Waals surface area contributed by atoms with Crippen molar-refractivity contribution in [1.29, 1.82) is 0 Å². The number of hydrogen-bond donors (Lipinski definition) is 2. The summed E-state index contributed by atoms with van der Waals surface area (Å²) in [4.78, 5) is 30.4. The first kappa shape index (κ1) is 15.7. The first-order valence-corrected chi connectivity index (χ1v) is 8.31. The van der Waals surface area contributed by atoms with Gasteiger partial charge in [-0.2, -0.15) is 0 Å². The minimum Gasteiger partial charge on any atom is -0.459 e. The van der Waals surface area contributed by atoms with E-state index in [0.717, 1.165) is 13.1 Å². The van der Waals surface area contributed by atoms with E-state index in [-0.39, 0.29) is 30.0 Å². The number of hydrogen-bond acceptors (Lipinski definition) is 6. The number of carbonyl (C=O) groups excluding carboxylic acids is 2. The molecule has 23 heavy (non-hydrogen) atoms. The SMILES string of the molecule is C[C@H]1CNCCN1C(=O)Cc1csc(NC(=O)c2ccco2)n1. The van der Waals surface area contributed by atoms with Gasteiger partial charge in [-0.05, 0) is 19.1 Å². The Hall–Kier alpha value is -2.19. The van der Waals surface area contributed by atoms with Crippen molar-refractivity contribution < 1.29 is 14.0 Å². The molecule has 0 saturated carbocycles. The van der Waals surface area contributed by atoms with E-state index in [1.807, 2.05) is 11.8 Å². The Kier molecular flexibility index (Phi) is 4.73. The highest BCUT2D eigenvalue weighted by molar-refractivity contribution is 7.14. The van der Waals surface area contributed by atoms with Crippen LogP contribution in [0.15, 0.2) is 28.2 Å². The van der Waals surface area contributed by atoms with Gasteiger partial charge in [0.15, 0.2) is 10.9 Å². The highest BCUT2D eigenvalue weighted by Gasteiger charge is 2.23. The first-order valence-electron chi connectivity index (χ1n) is 7.43. The summed E-state index contributed by atoms with van der Waals surface area (Å²) < 4.78 is 5.03. The largest absolute Gasteiger partial charge is 0.459 e. The molecule has 0 spiro atoms. The number of rotatable bonds is 4. The molecular formula is C15H18N4O3S. The molecule has 3 heterocycles. The Balaban J connectivity index is 1.58. The normalized spacial score (nSPS) is 18.0. The van der Waals surface area contributed by atoms with Crippen LogP contribution in [-0.4, -0.2) is 47.4 Å². The van der Waals surface area contributed by atoms with Gasteiger partial charge in [0.2, 0.25) is 5.91 Å². The number of carbonyl (C=O) groups is 2. The molecule has 122 valence electrons. The number of thiazole rings is 1. The summed E-state index contributed by atoms with van der Waals surface area (Å²) in [6.45, 7) is 4.37. The molecule has 0 unspecified atom stereocenters. The van der Waals surface area contributed by atoms with Crippen LogP contribution in [0.1, 0.15) is 23.2 Å². The van der Waals surface area contributed by atoms with E-state index in [1.54, 1.807) is 17.5 Å². The highest BCUT2D eigenvalue weighted by atomic mass is 32.1. The summed E-state index contributed by atoms with van der Waals surface area (Å²) in [6.07, 6.45) is 1.69. The van der Waals surface area contributed by atoms with E-state index < -0.39 is 0 Å². The molecule has 0 radical (unpaired) electrons. The van der Waals surface area contributed by atoms with E-state index >= 15 is 0 Å². The predicted molar refractivity (Wildman–Crippen MR) is 86.5 cm³/mol. The number of anilines is 1. The lowest BCUT2D eigenvalue weighted by Crippen LogP contribution is -2.52. The molecule has 3 rings (SSSR count). The molecule has 1 fully saturated rings. The van der Waals surface area contributed by atoms with Gasteiger partial charge < -0.3 is 14.6 Å². The van der Waals surface area contributed by atoms with Crippen molar-refractivity contribution in [3.63, 3.8) is 0 Å². The standard InChI is InChI=1S/C15H18N4O3S/c1-10-8-16-4-5-19(10)13(20)7-11-9-23-15(17-11)18-14(21)12-3-2-6-22-12/h2-3,6,9-10,16H,4-5,7-8H2,1H3,(H,17,18,21)/t10-/m0/s1. The Bertz CT molecular complexity index is 683. The number of furan rings is 1. The van der Waals surface area contributed by atoms with Crippen LogP contribution in [0.4, 0.5) is 5.13 Å². The van der Waals surface area contributed by atoms with Gasteiger partial charge >= 0.3 is 0 Å². The molecule has 0 aliphatic carbocycles. The van der Waals surface area contributed by atoms with Crippen molar-refractivity contribution in [1.82, 2.24) is 15.2 Å². The van der Waals surface area contributed by atoms with Crippen molar-refractivity contribution in [2.45, 2.75) is 19.4 Å². The van der Waals surface area contributed by atoms with E-state index in [1.165, 1.54) is 17.6 Å². The van der Waals surface area contributed by atoms with Gasteiger partial charge in [-0.25, -0.2) is 4.98 Å². The topological polar surface area (TPSA) is 87.5 Å². The van der Waals surface area contributed by atoms with Crippen LogP contribution in [0.5, 0.6) is 0 Å². The third-order valence-electron chi connectivity index (χ3n) is 3.67. The summed E-state index contributed by atoms with van der Waals surface area (Å²) in [5.41, 5.74) is 0.667. The number of piperazine rings is 1. The maximum atomic E-state index is 12.4. The molecule has 2 N–H and O–H groups in total. The van der Waals surface area contributed by atoms with Crippen LogP contribution in [0, 0.1) is 0 Å². The fraction of sp³-hybridized carbons (Fsp3) is 0.400. The van der Waals surface area contributed by atoms with Gasteiger partial charge in [0.25, 0.3) is 5.91 Å². The second-order valence-corrected chi connectivity index (χ2v) is 6.25. The second kappa shape index (κ2) is 6.93. The van der Waals surface area contributed by atoms with Crippen molar-refractivity contribution in [2.75, 3.05) is 25.0 Å². The molecule has 2 aromatic rings. The van der Waals surface area contributed by atoms with Crippen LogP contribution in [0.3, 0.4) is 0 Å². The molecule has 1 atom stereocenters. The summed E-state index contributed by atoms with van der Waals surface area (Å²) in [5.74, 6) is -0.0568. The van der Waals surface area contributed by atoms with E-state index in [4.69, 9.17) is 4.42 Å². The summed E-state index contributed by atoms with van der Waals surface area (Å²) >= 11 is 1.30. The summed E-state index contributed by atoms with van der Waals surface area (Å²) in [5, 5.41) is 8.18. The quantitative estimate of drug-likeness (QED) is 0.881. The van der Waals surface area contributed by atoms with Crippen molar-refractivity contribution in [3.05, 3.63) is 35.2 Å². The van der Waals surface area contributed by atoms with Crippen molar-refractivity contribution in [2.24, 2.45) is 0 Å². The highest BCUT2D eigenvalue weighted by Crippen LogP contribution is 2.18. The average molecular weight is 334 g/mol. The monoisotopic (exact) mass is 334 g/mol. The number of nitrogens with zero attached hydrogens (tertiary/aromatic N) is 2. The van der Waals surface area contributed by atoms with Gasteiger partial charge in [0.05, 0.1) is 18.4 Å². The number of nitrogens with one attached hydrogen (secondary N) is 2. The van der Waals surface area contributed by atoms with Crippen LogP contribution in [0.2, 0.25) is 0 Å². The maximum Gasteiger partial charge on any atom is 0.293 e. The Morgan fingerprint density at radius 3 is 3.17 bits per heavy atom. The lowest BCUT2D eigenvalue weighted by molar-refractivity contribution is -0.133. The molecule has 1 aliphatic heterocycles. The Morgan fingerprint density at radius 1 is 1.57 bits per heavy atom. The molecular weight excluding hydrogens is 316 g/mol. The molecule has 1 saturated heterocycles. The third kappa shape index (κ3) is 3.77. The predicted octanol–water partition coefficient (Wildman–Crippen LogP) is 1.35. The first-order chi connectivity index (χ1) is 11.1. The van der Waals surface area contributed by atoms with Crippen LogP contribution in [-0.2, 0) is 11.2 Å². The molecule has 1 aliphatic rings. The van der Waals surface area contributed by atoms with Crippen LogP contribution < -0.4 is 10.6 Å². The number of amides is 2. The van der Waals surface area contributed by atoms with E-state index in [9.17, 15) is 9.59 Å². The zero-order valence-corrected chi connectivity index (χ0v) is 13.6. The average Bonchev–Trinajstić information content (AvgIpc) is 3.19. The molecule has 8 heteroatoms. The molecule has 0 bridgehead atoms. The lowest BCUT2D eigenvalue weighted by Gasteiger charge is -2.33. The lowest BCUT2D eigenvalue weighted by atomic mass is 10.2. The minimum atomic E-state index is -0.349. The van der Waals surface area contributed by atoms with Gasteiger partial charge in [-0.3, -0.25) is 14.9 Å². The molecule has 7 nitrogen and oxygen atoms in total. The maximum absolute atomic E-state index is 12.4. The zero-order valence-electron chi connectivity index (χ0n) is 12.7. The molecule has 0 aromatic carbocycles.